The molecule has 0 radical (unpaired) electrons. The van der Waals surface area contributed by atoms with Gasteiger partial charge in [-0.15, -0.1) is 0 Å². The van der Waals surface area contributed by atoms with E-state index in [0.717, 1.165) is 18.7 Å². The van der Waals surface area contributed by atoms with Crippen molar-refractivity contribution >= 4 is 10.0 Å². The molecule has 0 unspecified atom stereocenters. The number of nitrogens with zero attached hydrogens (tertiary/aromatic N) is 3. The van der Waals surface area contributed by atoms with E-state index >= 15 is 0 Å². The second kappa shape index (κ2) is 7.72. The zero-order valence-corrected chi connectivity index (χ0v) is 14.7. The summed E-state index contributed by atoms with van der Waals surface area (Å²) in [6.07, 6.45) is 1.54. The van der Waals surface area contributed by atoms with E-state index in [1.165, 1.54) is 4.68 Å². The van der Waals surface area contributed by atoms with Gasteiger partial charge in [-0.2, -0.15) is 5.10 Å². The van der Waals surface area contributed by atoms with Crippen LogP contribution in [0.5, 0.6) is 0 Å². The van der Waals surface area contributed by atoms with Crippen LogP contribution in [-0.4, -0.2) is 49.3 Å². The van der Waals surface area contributed by atoms with Crippen LogP contribution in [-0.2, 0) is 17.1 Å². The van der Waals surface area contributed by atoms with E-state index in [2.05, 4.69) is 28.6 Å². The van der Waals surface area contributed by atoms with Gasteiger partial charge in [-0.1, -0.05) is 44.2 Å². The minimum Gasteiger partial charge on any atom is -0.303 e. The number of hydrogen-bond donors (Lipinski definition) is 1. The van der Waals surface area contributed by atoms with Crippen LogP contribution in [0.15, 0.2) is 41.4 Å². The summed E-state index contributed by atoms with van der Waals surface area (Å²) in [4.78, 5) is 2.38. The Morgan fingerprint density at radius 3 is 2.43 bits per heavy atom. The number of likely N-dealkylation sites (N-methyl/N-ethyl adjacent to an activating group) is 1. The largest absolute Gasteiger partial charge is 0.303 e. The van der Waals surface area contributed by atoms with Crippen LogP contribution in [0, 0.1) is 0 Å². The summed E-state index contributed by atoms with van der Waals surface area (Å²) < 4.78 is 29.4. The maximum atomic E-state index is 12.6. The highest BCUT2D eigenvalue weighted by Gasteiger charge is 2.22. The van der Waals surface area contributed by atoms with Gasteiger partial charge in [-0.05, 0) is 13.1 Å². The highest BCUT2D eigenvalue weighted by molar-refractivity contribution is 7.89. The lowest BCUT2D eigenvalue weighted by molar-refractivity contribution is 0.309. The Balaban J connectivity index is 2.20. The molecule has 2 rings (SSSR count). The molecule has 1 N–H and O–H groups in total. The van der Waals surface area contributed by atoms with Crippen LogP contribution >= 0.6 is 0 Å². The molecule has 1 aromatic heterocycles. The summed E-state index contributed by atoms with van der Waals surface area (Å²) in [7, 11) is -1.87. The lowest BCUT2D eigenvalue weighted by atomic mass is 10.2. The van der Waals surface area contributed by atoms with E-state index in [-0.39, 0.29) is 4.90 Å². The van der Waals surface area contributed by atoms with E-state index in [1.807, 2.05) is 30.3 Å². The Bertz CT molecular complexity index is 722. The topological polar surface area (TPSA) is 67.2 Å². The molecule has 1 aromatic carbocycles. The van der Waals surface area contributed by atoms with Gasteiger partial charge >= 0.3 is 0 Å². The summed E-state index contributed by atoms with van der Waals surface area (Å²) in [5, 5.41) is 4.31. The molecule has 0 saturated carbocycles. The summed E-state index contributed by atoms with van der Waals surface area (Å²) in [6.45, 7) is 7.00. The highest BCUT2D eigenvalue weighted by Crippen LogP contribution is 2.25. The number of hydrogen-bond acceptors (Lipinski definition) is 4. The molecule has 1 heterocycles. The molecule has 0 aliphatic carbocycles. The number of nitrogens with one attached hydrogen (secondary N) is 1. The molecule has 0 aliphatic rings. The first-order valence-corrected chi connectivity index (χ1v) is 9.27. The minimum atomic E-state index is -3.59. The monoisotopic (exact) mass is 336 g/mol. The normalized spacial score (nSPS) is 12.0. The van der Waals surface area contributed by atoms with Crippen molar-refractivity contribution in [3.8, 4) is 11.3 Å². The number of aryl methyl sites for hydroxylation is 1. The number of sulfonamides is 1. The second-order valence-corrected chi connectivity index (χ2v) is 7.04. The average molecular weight is 336 g/mol. The molecule has 0 amide bonds. The maximum Gasteiger partial charge on any atom is 0.244 e. The molecule has 0 spiro atoms. The second-order valence-electron chi connectivity index (χ2n) is 5.31. The molecule has 23 heavy (non-hydrogen) atoms. The van der Waals surface area contributed by atoms with Crippen molar-refractivity contribution in [2.45, 2.75) is 18.7 Å². The van der Waals surface area contributed by atoms with Gasteiger partial charge in [0.15, 0.2) is 0 Å². The quantitative estimate of drug-likeness (QED) is 0.797. The first-order chi connectivity index (χ1) is 11.0. The fraction of sp³-hybridized carbons (Fsp3) is 0.438. The smallest absolute Gasteiger partial charge is 0.244 e. The Labute approximate surface area is 138 Å². The predicted octanol–water partition coefficient (Wildman–Crippen LogP) is 1.71. The fourth-order valence-electron chi connectivity index (χ4n) is 2.42. The van der Waals surface area contributed by atoms with Gasteiger partial charge in [0.05, 0.1) is 0 Å². The Kier molecular flexibility index (Phi) is 5.92. The van der Waals surface area contributed by atoms with Gasteiger partial charge < -0.3 is 4.90 Å². The third-order valence-electron chi connectivity index (χ3n) is 3.75. The van der Waals surface area contributed by atoms with Crippen LogP contribution in [0.2, 0.25) is 0 Å². The van der Waals surface area contributed by atoms with Crippen LogP contribution in [0.1, 0.15) is 13.8 Å². The van der Waals surface area contributed by atoms with Gasteiger partial charge in [0.25, 0.3) is 0 Å². The zero-order valence-electron chi connectivity index (χ0n) is 13.9. The summed E-state index contributed by atoms with van der Waals surface area (Å²) in [5.74, 6) is 0. The first kappa shape index (κ1) is 17.7. The Morgan fingerprint density at radius 1 is 1.17 bits per heavy atom. The van der Waals surface area contributed by atoms with Crippen molar-refractivity contribution in [3.63, 3.8) is 0 Å². The van der Waals surface area contributed by atoms with Gasteiger partial charge in [0, 0.05) is 31.9 Å². The SMILES string of the molecule is CCN(CC)CCNS(=O)(=O)c1cn(C)nc1-c1ccccc1. The summed E-state index contributed by atoms with van der Waals surface area (Å²) in [5.41, 5.74) is 1.26. The van der Waals surface area contributed by atoms with E-state index in [1.54, 1.807) is 13.2 Å². The van der Waals surface area contributed by atoms with E-state index < -0.39 is 10.0 Å². The van der Waals surface area contributed by atoms with Crippen molar-refractivity contribution in [1.82, 2.24) is 19.4 Å². The minimum absolute atomic E-state index is 0.214. The molecule has 6 nitrogen and oxygen atoms in total. The molecule has 0 bridgehead atoms. The molecule has 0 atom stereocenters. The van der Waals surface area contributed by atoms with Crippen molar-refractivity contribution < 1.29 is 8.42 Å². The Morgan fingerprint density at radius 2 is 1.83 bits per heavy atom. The third-order valence-corrected chi connectivity index (χ3v) is 5.21. The van der Waals surface area contributed by atoms with Crippen LogP contribution in [0.25, 0.3) is 11.3 Å². The highest BCUT2D eigenvalue weighted by atomic mass is 32.2. The molecule has 0 aliphatic heterocycles. The van der Waals surface area contributed by atoms with E-state index in [4.69, 9.17) is 0 Å². The molecule has 0 fully saturated rings. The maximum absolute atomic E-state index is 12.6. The molecule has 0 saturated heterocycles. The first-order valence-electron chi connectivity index (χ1n) is 7.79. The van der Waals surface area contributed by atoms with Crippen LogP contribution < -0.4 is 4.72 Å². The van der Waals surface area contributed by atoms with Crippen LogP contribution in [0.3, 0.4) is 0 Å². The lowest BCUT2D eigenvalue weighted by Crippen LogP contribution is -2.34. The van der Waals surface area contributed by atoms with E-state index in [9.17, 15) is 8.42 Å². The van der Waals surface area contributed by atoms with Crippen molar-refractivity contribution in [2.24, 2.45) is 7.05 Å². The van der Waals surface area contributed by atoms with Gasteiger partial charge in [0.2, 0.25) is 10.0 Å². The average Bonchev–Trinajstić information content (AvgIpc) is 2.95. The number of benzene rings is 1. The Hall–Kier alpha value is -1.70. The van der Waals surface area contributed by atoms with Crippen molar-refractivity contribution in [3.05, 3.63) is 36.5 Å². The molecule has 126 valence electrons. The van der Waals surface area contributed by atoms with Gasteiger partial charge in [-0.3, -0.25) is 4.68 Å². The van der Waals surface area contributed by atoms with Crippen molar-refractivity contribution in [2.75, 3.05) is 26.2 Å². The third kappa shape index (κ3) is 4.40. The summed E-state index contributed by atoms with van der Waals surface area (Å²) >= 11 is 0. The molecular formula is C16H24N4O2S. The number of rotatable bonds is 8. The number of aromatic nitrogens is 2. The molecule has 7 heteroatoms. The summed E-state index contributed by atoms with van der Waals surface area (Å²) in [6, 6.07) is 9.35. The van der Waals surface area contributed by atoms with Gasteiger partial charge in [0.1, 0.15) is 10.6 Å². The molecule has 2 aromatic rings. The van der Waals surface area contributed by atoms with Crippen molar-refractivity contribution in [1.29, 1.82) is 0 Å². The van der Waals surface area contributed by atoms with Crippen LogP contribution in [0.4, 0.5) is 0 Å². The van der Waals surface area contributed by atoms with Gasteiger partial charge in [-0.25, -0.2) is 13.1 Å². The van der Waals surface area contributed by atoms with E-state index in [0.29, 0.717) is 18.8 Å². The zero-order chi connectivity index (χ0) is 16.9. The lowest BCUT2D eigenvalue weighted by Gasteiger charge is -2.17. The molecular weight excluding hydrogens is 312 g/mol. The predicted molar refractivity (Wildman–Crippen MR) is 91.6 cm³/mol. The standard InChI is InChI=1S/C16H24N4O2S/c1-4-20(5-2)12-11-17-23(21,22)15-13-19(3)18-16(15)14-9-7-6-8-10-14/h6-10,13,17H,4-5,11-12H2,1-3H3. The fourth-order valence-corrected chi connectivity index (χ4v) is 3.64.